The van der Waals surface area contributed by atoms with E-state index < -0.39 is 5.97 Å². The molecule has 0 unspecified atom stereocenters. The van der Waals surface area contributed by atoms with Gasteiger partial charge in [-0.05, 0) is 25.0 Å². The predicted octanol–water partition coefficient (Wildman–Crippen LogP) is 4.96. The van der Waals surface area contributed by atoms with Crippen LogP contribution in [0.15, 0.2) is 53.3 Å². The summed E-state index contributed by atoms with van der Waals surface area (Å²) in [5, 5.41) is 9.75. The number of unbranched alkanes of at least 4 members (excludes halogenated alkanes) is 1. The Morgan fingerprint density at radius 3 is 2.70 bits per heavy atom. The van der Waals surface area contributed by atoms with Gasteiger partial charge < -0.3 is 9.84 Å². The van der Waals surface area contributed by atoms with E-state index in [1.54, 1.807) is 0 Å². The molecule has 120 valence electrons. The zero-order valence-electron chi connectivity index (χ0n) is 13.8. The molecule has 1 aliphatic heterocycles. The third-order valence-electron chi connectivity index (χ3n) is 4.56. The molecule has 3 nitrogen and oxygen atoms in total. The van der Waals surface area contributed by atoms with Crippen LogP contribution in [-0.2, 0) is 4.79 Å². The highest BCUT2D eigenvalue weighted by Crippen LogP contribution is 2.46. The maximum atomic E-state index is 11.9. The molecule has 0 atom stereocenters. The number of hydrogen-bond donors (Lipinski definition) is 1. The second-order valence-electron chi connectivity index (χ2n) is 6.70. The van der Waals surface area contributed by atoms with Gasteiger partial charge in [-0.25, -0.2) is 4.79 Å². The lowest BCUT2D eigenvalue weighted by molar-refractivity contribution is -0.130. The van der Waals surface area contributed by atoms with Crippen molar-refractivity contribution in [3.05, 3.63) is 58.9 Å². The van der Waals surface area contributed by atoms with Gasteiger partial charge in [0.1, 0.15) is 11.5 Å². The SMILES string of the molecule is CCCCC1=CC2=C(C(=O)O)c3ccccc3OC2=CC1(C)C. The first-order valence-electron chi connectivity index (χ1n) is 8.13. The molecule has 0 bridgehead atoms. The van der Waals surface area contributed by atoms with Gasteiger partial charge in [-0.2, -0.15) is 0 Å². The van der Waals surface area contributed by atoms with E-state index in [1.165, 1.54) is 5.57 Å². The van der Waals surface area contributed by atoms with Crippen molar-refractivity contribution in [2.75, 3.05) is 0 Å². The third kappa shape index (κ3) is 2.72. The molecule has 2 aliphatic rings. The molecule has 0 saturated heterocycles. The summed E-state index contributed by atoms with van der Waals surface area (Å²) in [6.07, 6.45) is 7.29. The number of carboxylic acid groups (broad SMARTS) is 1. The molecule has 0 spiro atoms. The normalized spacial score (nSPS) is 18.4. The van der Waals surface area contributed by atoms with Gasteiger partial charge in [-0.1, -0.05) is 57.0 Å². The number of fused-ring (bicyclic) bond motifs is 2. The Labute approximate surface area is 137 Å². The molecule has 1 aliphatic carbocycles. The van der Waals surface area contributed by atoms with E-state index in [1.807, 2.05) is 30.3 Å². The molecule has 1 heterocycles. The summed E-state index contributed by atoms with van der Waals surface area (Å²) in [6.45, 7) is 6.48. The van der Waals surface area contributed by atoms with E-state index in [4.69, 9.17) is 4.74 Å². The minimum atomic E-state index is -0.910. The molecule has 0 fully saturated rings. The minimum absolute atomic E-state index is 0.121. The molecule has 1 aromatic carbocycles. The Kier molecular flexibility index (Phi) is 3.88. The van der Waals surface area contributed by atoms with E-state index in [2.05, 4.69) is 26.8 Å². The summed E-state index contributed by atoms with van der Waals surface area (Å²) >= 11 is 0. The molecule has 1 N–H and O–H groups in total. The molecule has 0 amide bonds. The van der Waals surface area contributed by atoms with Crippen molar-refractivity contribution in [1.29, 1.82) is 0 Å². The number of para-hydroxylation sites is 1. The molecule has 3 heteroatoms. The first kappa shape index (κ1) is 15.6. The summed E-state index contributed by atoms with van der Waals surface area (Å²) in [5.74, 6) is 0.361. The van der Waals surface area contributed by atoms with Crippen molar-refractivity contribution in [3.8, 4) is 5.75 Å². The van der Waals surface area contributed by atoms with Gasteiger partial charge in [0.2, 0.25) is 0 Å². The zero-order valence-corrected chi connectivity index (χ0v) is 13.8. The molecule has 1 aromatic rings. The molecule has 3 rings (SSSR count). The van der Waals surface area contributed by atoms with E-state index >= 15 is 0 Å². The monoisotopic (exact) mass is 310 g/mol. The fraction of sp³-hybridized carbons (Fsp3) is 0.350. The third-order valence-corrected chi connectivity index (χ3v) is 4.56. The number of carbonyl (C=O) groups is 1. The van der Waals surface area contributed by atoms with Crippen molar-refractivity contribution >= 4 is 11.5 Å². The number of allylic oxidation sites excluding steroid dienone is 3. The number of benzene rings is 1. The standard InChI is InChI=1S/C20H22O3/c1-4-5-8-13-11-15-17(12-20(13,2)3)23-16-10-7-6-9-14(16)18(15)19(21)22/h6-7,9-12H,4-5,8H2,1-3H3,(H,21,22). The maximum absolute atomic E-state index is 11.9. The fourth-order valence-corrected chi connectivity index (χ4v) is 3.23. The highest BCUT2D eigenvalue weighted by molar-refractivity contribution is 6.19. The molecular formula is C20H22O3. The smallest absolute Gasteiger partial charge is 0.337 e. The van der Waals surface area contributed by atoms with Crippen LogP contribution in [0, 0.1) is 5.41 Å². The van der Waals surface area contributed by atoms with Crippen molar-refractivity contribution in [3.63, 3.8) is 0 Å². The Morgan fingerprint density at radius 2 is 2.00 bits per heavy atom. The molecular weight excluding hydrogens is 288 g/mol. The largest absolute Gasteiger partial charge is 0.478 e. The minimum Gasteiger partial charge on any atom is -0.478 e. The van der Waals surface area contributed by atoms with Crippen molar-refractivity contribution in [2.45, 2.75) is 40.0 Å². The van der Waals surface area contributed by atoms with Crippen LogP contribution in [0.4, 0.5) is 0 Å². The van der Waals surface area contributed by atoms with Gasteiger partial charge >= 0.3 is 5.97 Å². The second-order valence-corrected chi connectivity index (χ2v) is 6.70. The van der Waals surface area contributed by atoms with Gasteiger partial charge in [-0.15, -0.1) is 0 Å². The van der Waals surface area contributed by atoms with E-state index in [9.17, 15) is 9.90 Å². The van der Waals surface area contributed by atoms with Crippen molar-refractivity contribution < 1.29 is 14.6 Å². The van der Waals surface area contributed by atoms with E-state index in [0.717, 1.165) is 19.3 Å². The van der Waals surface area contributed by atoms with Crippen LogP contribution in [0.25, 0.3) is 5.57 Å². The molecule has 0 radical (unpaired) electrons. The average Bonchev–Trinajstić information content (AvgIpc) is 2.49. The highest BCUT2D eigenvalue weighted by atomic mass is 16.5. The van der Waals surface area contributed by atoms with Gasteiger partial charge in [0.25, 0.3) is 0 Å². The van der Waals surface area contributed by atoms with Gasteiger partial charge in [-0.3, -0.25) is 0 Å². The number of rotatable bonds is 4. The number of aliphatic carboxylic acids is 1. The summed E-state index contributed by atoms with van der Waals surface area (Å²) in [4.78, 5) is 11.9. The summed E-state index contributed by atoms with van der Waals surface area (Å²) in [7, 11) is 0. The van der Waals surface area contributed by atoms with Crippen LogP contribution < -0.4 is 4.74 Å². The van der Waals surface area contributed by atoms with Crippen molar-refractivity contribution in [2.24, 2.45) is 5.41 Å². The van der Waals surface area contributed by atoms with Gasteiger partial charge in [0.05, 0.1) is 5.57 Å². The number of ether oxygens (including phenoxy) is 1. The van der Waals surface area contributed by atoms with Crippen molar-refractivity contribution in [1.82, 2.24) is 0 Å². The van der Waals surface area contributed by atoms with Crippen LogP contribution in [0.2, 0.25) is 0 Å². The van der Waals surface area contributed by atoms with Gasteiger partial charge in [0.15, 0.2) is 0 Å². The lowest BCUT2D eigenvalue weighted by Gasteiger charge is -2.33. The first-order chi connectivity index (χ1) is 10.9. The molecule has 0 saturated carbocycles. The zero-order chi connectivity index (χ0) is 16.6. The maximum Gasteiger partial charge on any atom is 0.337 e. The van der Waals surface area contributed by atoms with Crippen LogP contribution in [0.3, 0.4) is 0 Å². The van der Waals surface area contributed by atoms with E-state index in [0.29, 0.717) is 28.2 Å². The summed E-state index contributed by atoms with van der Waals surface area (Å²) in [5.41, 5.74) is 2.83. The lowest BCUT2D eigenvalue weighted by Crippen LogP contribution is -2.23. The number of carboxylic acids is 1. The topological polar surface area (TPSA) is 46.5 Å². The Bertz CT molecular complexity index is 748. The first-order valence-corrected chi connectivity index (χ1v) is 8.13. The number of hydrogen-bond acceptors (Lipinski definition) is 2. The molecule has 23 heavy (non-hydrogen) atoms. The highest BCUT2D eigenvalue weighted by Gasteiger charge is 2.34. The van der Waals surface area contributed by atoms with Crippen LogP contribution in [0.5, 0.6) is 5.75 Å². The van der Waals surface area contributed by atoms with Crippen LogP contribution >= 0.6 is 0 Å². The summed E-state index contributed by atoms with van der Waals surface area (Å²) in [6, 6.07) is 7.33. The fourth-order valence-electron chi connectivity index (χ4n) is 3.23. The van der Waals surface area contributed by atoms with Gasteiger partial charge in [0, 0.05) is 16.6 Å². The lowest BCUT2D eigenvalue weighted by atomic mass is 9.75. The Morgan fingerprint density at radius 1 is 1.26 bits per heavy atom. The van der Waals surface area contributed by atoms with Crippen LogP contribution in [0.1, 0.15) is 45.6 Å². The van der Waals surface area contributed by atoms with E-state index in [-0.39, 0.29) is 5.41 Å². The second kappa shape index (κ2) is 5.73. The Hall–Kier alpha value is -2.29. The molecule has 0 aromatic heterocycles. The van der Waals surface area contributed by atoms with Crippen LogP contribution in [-0.4, -0.2) is 11.1 Å². The Balaban J connectivity index is 2.19. The quantitative estimate of drug-likeness (QED) is 0.855. The predicted molar refractivity (Wildman–Crippen MR) is 91.1 cm³/mol. The average molecular weight is 310 g/mol. The summed E-state index contributed by atoms with van der Waals surface area (Å²) < 4.78 is 6.00.